The maximum absolute atomic E-state index is 11.6. The first-order chi connectivity index (χ1) is 14.2. The highest BCUT2D eigenvalue weighted by Gasteiger charge is 2.56. The van der Waals surface area contributed by atoms with Gasteiger partial charge in [-0.2, -0.15) is 0 Å². The third kappa shape index (κ3) is 3.61. The Hall–Kier alpha value is -2.37. The molecule has 162 valence electrons. The molecule has 0 saturated heterocycles. The summed E-state index contributed by atoms with van der Waals surface area (Å²) in [6, 6.07) is 3.78. The van der Waals surface area contributed by atoms with Crippen molar-refractivity contribution >= 4 is 17.9 Å². The second-order valence-corrected chi connectivity index (χ2v) is 9.32. The highest BCUT2D eigenvalue weighted by atomic mass is 16.6. The molecule has 3 aliphatic rings. The Kier molecular flexibility index (Phi) is 5.37. The number of rotatable bonds is 3. The van der Waals surface area contributed by atoms with Gasteiger partial charge < -0.3 is 14.2 Å². The molecule has 0 aromatic heterocycles. The minimum absolute atomic E-state index is 0.00490. The highest BCUT2D eigenvalue weighted by molar-refractivity contribution is 5.74. The van der Waals surface area contributed by atoms with Gasteiger partial charge in [-0.05, 0) is 79.5 Å². The van der Waals surface area contributed by atoms with E-state index in [9.17, 15) is 14.4 Å². The summed E-state index contributed by atoms with van der Waals surface area (Å²) in [5, 5.41) is 0. The molecule has 1 aromatic carbocycles. The van der Waals surface area contributed by atoms with Crippen molar-refractivity contribution < 1.29 is 28.6 Å². The van der Waals surface area contributed by atoms with Crippen molar-refractivity contribution in [2.45, 2.75) is 78.2 Å². The van der Waals surface area contributed by atoms with E-state index in [1.165, 1.54) is 31.9 Å². The summed E-state index contributed by atoms with van der Waals surface area (Å²) in [4.78, 5) is 34.7. The lowest BCUT2D eigenvalue weighted by Crippen LogP contribution is -2.45. The standard InChI is InChI=1S/C24H30O6/c1-13(25)28-21-11-16-5-6-18-17(19(16)12-22(21)29-14(2)26)9-10-24(4)20(18)7-8-23(24)30-15(3)27/h11-12,17-18,20,23H,5-10H2,1-4H3/t17-,18+,20-,23-,24-/m0/s1. The number of esters is 3. The zero-order valence-electron chi connectivity index (χ0n) is 18.2. The Morgan fingerprint density at radius 3 is 2.20 bits per heavy atom. The van der Waals surface area contributed by atoms with Crippen LogP contribution in [0.4, 0.5) is 0 Å². The Bertz CT molecular complexity index is 890. The predicted molar refractivity (Wildman–Crippen MR) is 109 cm³/mol. The Morgan fingerprint density at radius 1 is 0.900 bits per heavy atom. The SMILES string of the molecule is CC(=O)Oc1cc2c(cc1OC(C)=O)[C@H]1CC[C@]3(C)[C@@H](OC(C)=O)CC[C@H]3[C@@H]1CC2. The predicted octanol–water partition coefficient (Wildman–Crippen LogP) is 4.33. The summed E-state index contributed by atoms with van der Waals surface area (Å²) in [5.41, 5.74) is 2.40. The molecule has 0 amide bonds. The Balaban J connectivity index is 1.66. The Labute approximate surface area is 177 Å². The molecule has 0 spiro atoms. The van der Waals surface area contributed by atoms with E-state index in [0.29, 0.717) is 29.3 Å². The van der Waals surface area contributed by atoms with Crippen molar-refractivity contribution in [2.75, 3.05) is 0 Å². The summed E-state index contributed by atoms with van der Waals surface area (Å²) in [6.45, 7) is 6.47. The second-order valence-electron chi connectivity index (χ2n) is 9.32. The lowest BCUT2D eigenvalue weighted by Gasteiger charge is -2.50. The number of benzene rings is 1. The first kappa shape index (κ1) is 20.9. The van der Waals surface area contributed by atoms with Gasteiger partial charge in [0.05, 0.1) is 0 Å². The number of aryl methyl sites for hydroxylation is 1. The topological polar surface area (TPSA) is 78.9 Å². The van der Waals surface area contributed by atoms with Gasteiger partial charge in [0.2, 0.25) is 0 Å². The van der Waals surface area contributed by atoms with E-state index in [4.69, 9.17) is 14.2 Å². The van der Waals surface area contributed by atoms with Crippen LogP contribution in [-0.2, 0) is 25.5 Å². The van der Waals surface area contributed by atoms with Crippen LogP contribution in [0.3, 0.4) is 0 Å². The van der Waals surface area contributed by atoms with Crippen LogP contribution in [-0.4, -0.2) is 24.0 Å². The van der Waals surface area contributed by atoms with Crippen molar-refractivity contribution in [3.8, 4) is 11.5 Å². The van der Waals surface area contributed by atoms with Gasteiger partial charge in [-0.1, -0.05) is 6.92 Å². The van der Waals surface area contributed by atoms with Crippen LogP contribution >= 0.6 is 0 Å². The van der Waals surface area contributed by atoms with Gasteiger partial charge in [-0.15, -0.1) is 0 Å². The fourth-order valence-electron chi connectivity index (χ4n) is 6.39. The molecule has 2 fully saturated rings. The van der Waals surface area contributed by atoms with E-state index in [-0.39, 0.29) is 17.5 Å². The molecule has 1 aromatic rings. The summed E-state index contributed by atoms with van der Waals surface area (Å²) in [7, 11) is 0. The van der Waals surface area contributed by atoms with Gasteiger partial charge >= 0.3 is 17.9 Å². The van der Waals surface area contributed by atoms with E-state index in [1.807, 2.05) is 12.1 Å². The molecule has 0 aliphatic heterocycles. The third-order valence-corrected chi connectivity index (χ3v) is 7.52. The van der Waals surface area contributed by atoms with E-state index in [2.05, 4.69) is 6.92 Å². The molecule has 0 radical (unpaired) electrons. The van der Waals surface area contributed by atoms with E-state index in [0.717, 1.165) is 38.5 Å². The van der Waals surface area contributed by atoms with Gasteiger partial charge in [0, 0.05) is 26.2 Å². The number of carbonyl (C=O) groups excluding carboxylic acids is 3. The molecule has 5 atom stereocenters. The average Bonchev–Trinajstić information content (AvgIpc) is 2.97. The molecule has 6 heteroatoms. The zero-order valence-corrected chi connectivity index (χ0v) is 18.2. The van der Waals surface area contributed by atoms with Gasteiger partial charge in [-0.25, -0.2) is 0 Å². The smallest absolute Gasteiger partial charge is 0.308 e. The maximum Gasteiger partial charge on any atom is 0.308 e. The molecule has 0 heterocycles. The number of hydrogen-bond acceptors (Lipinski definition) is 6. The summed E-state index contributed by atoms with van der Waals surface area (Å²) < 4.78 is 16.4. The normalized spacial score (nSPS) is 31.7. The average molecular weight is 414 g/mol. The lowest BCUT2D eigenvalue weighted by molar-refractivity contribution is -0.154. The Morgan fingerprint density at radius 2 is 1.57 bits per heavy atom. The van der Waals surface area contributed by atoms with Crippen LogP contribution in [0, 0.1) is 17.3 Å². The minimum Gasteiger partial charge on any atom is -0.462 e. The first-order valence-corrected chi connectivity index (χ1v) is 10.9. The van der Waals surface area contributed by atoms with Crippen molar-refractivity contribution in [1.29, 1.82) is 0 Å². The van der Waals surface area contributed by atoms with Crippen molar-refractivity contribution in [2.24, 2.45) is 17.3 Å². The van der Waals surface area contributed by atoms with Gasteiger partial charge in [0.15, 0.2) is 11.5 Å². The van der Waals surface area contributed by atoms with E-state index < -0.39 is 11.9 Å². The first-order valence-electron chi connectivity index (χ1n) is 10.9. The minimum atomic E-state index is -0.438. The van der Waals surface area contributed by atoms with Crippen LogP contribution in [0.2, 0.25) is 0 Å². The molecule has 4 rings (SSSR count). The second kappa shape index (κ2) is 7.71. The van der Waals surface area contributed by atoms with Crippen LogP contribution in [0.15, 0.2) is 12.1 Å². The number of ether oxygens (including phenoxy) is 3. The maximum atomic E-state index is 11.6. The zero-order chi connectivity index (χ0) is 21.6. The fraction of sp³-hybridized carbons (Fsp3) is 0.625. The molecular weight excluding hydrogens is 384 g/mol. The number of fused-ring (bicyclic) bond motifs is 5. The monoisotopic (exact) mass is 414 g/mol. The van der Waals surface area contributed by atoms with Crippen molar-refractivity contribution in [3.63, 3.8) is 0 Å². The van der Waals surface area contributed by atoms with E-state index in [1.54, 1.807) is 0 Å². The quantitative estimate of drug-likeness (QED) is 0.541. The fourth-order valence-corrected chi connectivity index (χ4v) is 6.39. The van der Waals surface area contributed by atoms with Crippen LogP contribution < -0.4 is 9.47 Å². The van der Waals surface area contributed by atoms with Crippen molar-refractivity contribution in [1.82, 2.24) is 0 Å². The summed E-state index contributed by atoms with van der Waals surface area (Å²) >= 11 is 0. The van der Waals surface area contributed by atoms with Crippen LogP contribution in [0.5, 0.6) is 11.5 Å². The molecule has 30 heavy (non-hydrogen) atoms. The molecule has 2 saturated carbocycles. The summed E-state index contributed by atoms with van der Waals surface area (Å²) in [6.07, 6.45) is 5.99. The van der Waals surface area contributed by atoms with Gasteiger partial charge in [0.25, 0.3) is 0 Å². The molecule has 0 N–H and O–H groups in total. The molecular formula is C24H30O6. The van der Waals surface area contributed by atoms with Gasteiger partial charge in [0.1, 0.15) is 6.10 Å². The number of carbonyl (C=O) groups is 3. The van der Waals surface area contributed by atoms with Crippen LogP contribution in [0.1, 0.15) is 76.8 Å². The van der Waals surface area contributed by atoms with Crippen LogP contribution in [0.25, 0.3) is 0 Å². The largest absolute Gasteiger partial charge is 0.462 e. The van der Waals surface area contributed by atoms with E-state index >= 15 is 0 Å². The molecule has 0 unspecified atom stereocenters. The molecule has 6 nitrogen and oxygen atoms in total. The number of hydrogen-bond donors (Lipinski definition) is 0. The van der Waals surface area contributed by atoms with Gasteiger partial charge in [-0.3, -0.25) is 14.4 Å². The third-order valence-electron chi connectivity index (χ3n) is 7.52. The highest BCUT2D eigenvalue weighted by Crippen LogP contribution is 2.62. The molecule has 0 bridgehead atoms. The summed E-state index contributed by atoms with van der Waals surface area (Å²) in [5.74, 6) is 0.965. The lowest BCUT2D eigenvalue weighted by atomic mass is 9.55. The molecule has 3 aliphatic carbocycles. The van der Waals surface area contributed by atoms with Crippen molar-refractivity contribution in [3.05, 3.63) is 23.3 Å².